The Morgan fingerprint density at radius 3 is 2.75 bits per heavy atom. The highest BCUT2D eigenvalue weighted by molar-refractivity contribution is 5.78. The third-order valence-electron chi connectivity index (χ3n) is 3.38. The van der Waals surface area contributed by atoms with Crippen LogP contribution in [0, 0.1) is 13.8 Å². The molecule has 2 rings (SSSR count). The maximum absolute atomic E-state index is 11.9. The molecule has 0 aliphatic carbocycles. The molecule has 1 aromatic carbocycles. The first kappa shape index (κ1) is 14.7. The largest absolute Gasteiger partial charge is 0.481 e. The quantitative estimate of drug-likeness (QED) is 0.820. The zero-order valence-electron chi connectivity index (χ0n) is 12.1. The second-order valence-corrected chi connectivity index (χ2v) is 5.24. The minimum absolute atomic E-state index is 0.00847. The van der Waals surface area contributed by atoms with Gasteiger partial charge in [0.2, 0.25) is 0 Å². The monoisotopic (exact) mass is 278 g/mol. The summed E-state index contributed by atoms with van der Waals surface area (Å²) in [5, 5.41) is 2.95. The zero-order chi connectivity index (χ0) is 14.5. The van der Waals surface area contributed by atoms with E-state index in [-0.39, 0.29) is 18.6 Å². The Balaban J connectivity index is 1.87. The van der Waals surface area contributed by atoms with Crippen molar-refractivity contribution in [1.82, 2.24) is 5.32 Å². The molecule has 0 saturated carbocycles. The van der Waals surface area contributed by atoms with E-state index in [9.17, 15) is 4.79 Å². The van der Waals surface area contributed by atoms with Crippen LogP contribution in [-0.2, 0) is 9.53 Å². The third-order valence-corrected chi connectivity index (χ3v) is 3.38. The average Bonchev–Trinajstić information content (AvgIpc) is 2.38. The maximum Gasteiger partial charge on any atom is 0.258 e. The van der Waals surface area contributed by atoms with Crippen LogP contribution < -0.4 is 15.8 Å². The molecule has 0 aromatic heterocycles. The van der Waals surface area contributed by atoms with Crippen molar-refractivity contribution in [2.24, 2.45) is 0 Å². The molecule has 5 nitrogen and oxygen atoms in total. The summed E-state index contributed by atoms with van der Waals surface area (Å²) >= 11 is 0. The summed E-state index contributed by atoms with van der Waals surface area (Å²) in [5.74, 6) is 0.481. The van der Waals surface area contributed by atoms with Crippen LogP contribution in [0.2, 0.25) is 0 Å². The lowest BCUT2D eigenvalue weighted by atomic mass is 10.1. The molecule has 0 spiro atoms. The van der Waals surface area contributed by atoms with Crippen LogP contribution in [-0.4, -0.2) is 31.8 Å². The van der Waals surface area contributed by atoms with Crippen molar-refractivity contribution in [3.05, 3.63) is 23.3 Å². The van der Waals surface area contributed by atoms with Crippen LogP contribution in [0.15, 0.2) is 12.1 Å². The number of hydrogen-bond acceptors (Lipinski definition) is 4. The van der Waals surface area contributed by atoms with E-state index >= 15 is 0 Å². The molecule has 1 aliphatic rings. The number of rotatable bonds is 4. The van der Waals surface area contributed by atoms with Crippen molar-refractivity contribution in [2.45, 2.75) is 32.7 Å². The number of amides is 1. The van der Waals surface area contributed by atoms with E-state index < -0.39 is 0 Å². The number of ether oxygens (including phenoxy) is 2. The zero-order valence-corrected chi connectivity index (χ0v) is 12.1. The molecule has 0 atom stereocenters. The number of aryl methyl sites for hydroxylation is 2. The minimum Gasteiger partial charge on any atom is -0.481 e. The number of carbonyl (C=O) groups is 1. The molecule has 110 valence electrons. The molecule has 0 unspecified atom stereocenters. The number of nitrogens with one attached hydrogen (secondary N) is 1. The van der Waals surface area contributed by atoms with Gasteiger partial charge in [-0.25, -0.2) is 0 Å². The normalized spacial score (nSPS) is 15.9. The first-order valence-electron chi connectivity index (χ1n) is 6.93. The van der Waals surface area contributed by atoms with E-state index in [1.165, 1.54) is 0 Å². The van der Waals surface area contributed by atoms with E-state index in [0.717, 1.165) is 24.0 Å². The Hall–Kier alpha value is -1.75. The van der Waals surface area contributed by atoms with Crippen molar-refractivity contribution in [2.75, 3.05) is 25.6 Å². The van der Waals surface area contributed by atoms with Gasteiger partial charge in [-0.1, -0.05) is 6.07 Å². The van der Waals surface area contributed by atoms with Gasteiger partial charge < -0.3 is 20.5 Å². The molecule has 1 heterocycles. The van der Waals surface area contributed by atoms with Gasteiger partial charge in [-0.3, -0.25) is 4.79 Å². The molecular formula is C15H22N2O3. The molecule has 0 radical (unpaired) electrons. The van der Waals surface area contributed by atoms with Gasteiger partial charge in [0, 0.05) is 19.3 Å². The highest BCUT2D eigenvalue weighted by Gasteiger charge is 2.16. The lowest BCUT2D eigenvalue weighted by Gasteiger charge is -2.23. The van der Waals surface area contributed by atoms with Gasteiger partial charge in [-0.15, -0.1) is 0 Å². The summed E-state index contributed by atoms with van der Waals surface area (Å²) in [6, 6.07) is 4.03. The second-order valence-electron chi connectivity index (χ2n) is 5.24. The number of carbonyl (C=O) groups excluding carboxylic acids is 1. The van der Waals surface area contributed by atoms with Gasteiger partial charge >= 0.3 is 0 Å². The Labute approximate surface area is 119 Å². The van der Waals surface area contributed by atoms with Crippen molar-refractivity contribution in [3.63, 3.8) is 0 Å². The van der Waals surface area contributed by atoms with Crippen molar-refractivity contribution < 1.29 is 14.3 Å². The minimum atomic E-state index is -0.115. The van der Waals surface area contributed by atoms with Gasteiger partial charge in [0.1, 0.15) is 5.75 Å². The van der Waals surface area contributed by atoms with Crippen LogP contribution >= 0.6 is 0 Å². The van der Waals surface area contributed by atoms with Crippen molar-refractivity contribution in [3.8, 4) is 5.75 Å². The fourth-order valence-electron chi connectivity index (χ4n) is 2.43. The molecule has 1 fully saturated rings. The molecule has 1 aromatic rings. The van der Waals surface area contributed by atoms with Crippen LogP contribution in [0.3, 0.4) is 0 Å². The molecule has 3 N–H and O–H groups in total. The smallest absolute Gasteiger partial charge is 0.258 e. The Bertz CT molecular complexity index is 459. The summed E-state index contributed by atoms with van der Waals surface area (Å²) in [4.78, 5) is 11.9. The summed E-state index contributed by atoms with van der Waals surface area (Å²) < 4.78 is 10.8. The Morgan fingerprint density at radius 1 is 1.40 bits per heavy atom. The molecule has 20 heavy (non-hydrogen) atoms. The Morgan fingerprint density at radius 2 is 2.10 bits per heavy atom. The van der Waals surface area contributed by atoms with E-state index in [1.807, 2.05) is 26.0 Å². The van der Waals surface area contributed by atoms with Crippen LogP contribution in [0.25, 0.3) is 0 Å². The van der Waals surface area contributed by atoms with Gasteiger partial charge in [-0.05, 0) is 43.9 Å². The fourth-order valence-corrected chi connectivity index (χ4v) is 2.43. The van der Waals surface area contributed by atoms with Gasteiger partial charge in [-0.2, -0.15) is 0 Å². The van der Waals surface area contributed by atoms with E-state index in [0.29, 0.717) is 24.7 Å². The predicted molar refractivity (Wildman–Crippen MR) is 77.8 cm³/mol. The molecule has 1 amide bonds. The fraction of sp³-hybridized carbons (Fsp3) is 0.533. The molecular weight excluding hydrogens is 256 g/mol. The second kappa shape index (κ2) is 6.61. The summed E-state index contributed by atoms with van der Waals surface area (Å²) in [5.41, 5.74) is 8.52. The number of nitrogens with two attached hydrogens (primary N) is 1. The topological polar surface area (TPSA) is 73.6 Å². The first-order chi connectivity index (χ1) is 9.56. The number of benzene rings is 1. The van der Waals surface area contributed by atoms with E-state index in [1.54, 1.807) is 0 Å². The SMILES string of the molecule is Cc1cc(C)c(OCC(=O)NC2CCOCC2)c(N)c1. The highest BCUT2D eigenvalue weighted by atomic mass is 16.5. The Kier molecular flexibility index (Phi) is 4.84. The predicted octanol–water partition coefficient (Wildman–Crippen LogP) is 1.56. The third kappa shape index (κ3) is 3.87. The van der Waals surface area contributed by atoms with Gasteiger partial charge in [0.25, 0.3) is 5.91 Å². The number of hydrogen-bond donors (Lipinski definition) is 2. The standard InChI is InChI=1S/C15H22N2O3/c1-10-7-11(2)15(13(16)8-10)20-9-14(18)17-12-3-5-19-6-4-12/h7-8,12H,3-6,9,16H2,1-2H3,(H,17,18). The van der Waals surface area contributed by atoms with Crippen molar-refractivity contribution in [1.29, 1.82) is 0 Å². The molecule has 5 heteroatoms. The van der Waals surface area contributed by atoms with E-state index in [4.69, 9.17) is 15.2 Å². The van der Waals surface area contributed by atoms with Crippen LogP contribution in [0.5, 0.6) is 5.75 Å². The van der Waals surface area contributed by atoms with Gasteiger partial charge in [0.05, 0.1) is 5.69 Å². The maximum atomic E-state index is 11.9. The summed E-state index contributed by atoms with van der Waals surface area (Å²) in [6.07, 6.45) is 1.72. The highest BCUT2D eigenvalue weighted by Crippen LogP contribution is 2.27. The summed E-state index contributed by atoms with van der Waals surface area (Å²) in [6.45, 7) is 5.30. The van der Waals surface area contributed by atoms with Crippen LogP contribution in [0.4, 0.5) is 5.69 Å². The van der Waals surface area contributed by atoms with Crippen LogP contribution in [0.1, 0.15) is 24.0 Å². The van der Waals surface area contributed by atoms with Crippen molar-refractivity contribution >= 4 is 11.6 Å². The van der Waals surface area contributed by atoms with Gasteiger partial charge in [0.15, 0.2) is 6.61 Å². The lowest BCUT2D eigenvalue weighted by Crippen LogP contribution is -2.41. The molecule has 1 saturated heterocycles. The number of nitrogen functional groups attached to an aromatic ring is 1. The molecule has 0 bridgehead atoms. The van der Waals surface area contributed by atoms with E-state index in [2.05, 4.69) is 5.32 Å². The lowest BCUT2D eigenvalue weighted by molar-refractivity contribution is -0.124. The molecule has 1 aliphatic heterocycles. The average molecular weight is 278 g/mol. The first-order valence-corrected chi connectivity index (χ1v) is 6.93. The summed E-state index contributed by atoms with van der Waals surface area (Å²) in [7, 11) is 0. The number of anilines is 1.